The van der Waals surface area contributed by atoms with Gasteiger partial charge in [-0.05, 0) is 42.0 Å². The highest BCUT2D eigenvalue weighted by Crippen LogP contribution is 2.27. The molecule has 4 N–H and O–H groups in total. The minimum absolute atomic E-state index is 0.0720. The Morgan fingerprint density at radius 3 is 2.42 bits per heavy atom. The van der Waals surface area contributed by atoms with Crippen molar-refractivity contribution in [3.63, 3.8) is 0 Å². The Morgan fingerprint density at radius 1 is 1.02 bits per heavy atom. The lowest BCUT2D eigenvalue weighted by Gasteiger charge is -2.34. The lowest BCUT2D eigenvalue weighted by Crippen LogP contribution is -2.52. The van der Waals surface area contributed by atoms with Gasteiger partial charge < -0.3 is 21.3 Å². The van der Waals surface area contributed by atoms with E-state index in [-0.39, 0.29) is 24.9 Å². The quantitative estimate of drug-likeness (QED) is 0.362. The van der Waals surface area contributed by atoms with Crippen molar-refractivity contribution in [3.05, 3.63) is 71.3 Å². The van der Waals surface area contributed by atoms with Crippen LogP contribution in [0.15, 0.2) is 54.6 Å². The van der Waals surface area contributed by atoms with Crippen LogP contribution in [0.4, 0.5) is 10.5 Å². The standard InChI is InChI=1S/C31H45N5O3S/c1-25(22-27-8-3-2-4-9-27)33-24-29-11-5-6-12-30(29)34-31(37)35-17-19-36(20-18-35)40(38,39)21-7-10-26-13-15-28(23-32)16-14-26/h5-7,10-16,25,27,33H,2-4,8-9,17-24,32H2,1H3,(H,34,37). The monoisotopic (exact) mass is 567 g/mol. The van der Waals surface area contributed by atoms with Crippen molar-refractivity contribution in [1.82, 2.24) is 14.5 Å². The summed E-state index contributed by atoms with van der Waals surface area (Å²) in [7, 11) is -3.45. The third-order valence-electron chi connectivity index (χ3n) is 8.06. The fourth-order valence-corrected chi connectivity index (χ4v) is 6.90. The van der Waals surface area contributed by atoms with Crippen LogP contribution < -0.4 is 16.4 Å². The molecule has 9 heteroatoms. The van der Waals surface area contributed by atoms with E-state index in [9.17, 15) is 13.2 Å². The summed E-state index contributed by atoms with van der Waals surface area (Å²) in [5, 5.41) is 6.70. The molecule has 1 unspecified atom stereocenters. The molecule has 2 aromatic carbocycles. The molecule has 1 aliphatic heterocycles. The predicted octanol–water partition coefficient (Wildman–Crippen LogP) is 4.79. The largest absolute Gasteiger partial charge is 0.326 e. The normalized spacial score (nSPS) is 18.2. The summed E-state index contributed by atoms with van der Waals surface area (Å²) in [6.07, 6.45) is 11.4. The Morgan fingerprint density at radius 2 is 1.73 bits per heavy atom. The van der Waals surface area contributed by atoms with Gasteiger partial charge in [-0.3, -0.25) is 0 Å². The SMILES string of the molecule is CC(CC1CCCCC1)NCc1ccccc1NC(=O)N1CCN(S(=O)(=O)CC=Cc2ccc(CN)cc2)CC1. The molecule has 0 radical (unpaired) electrons. The number of hydrogen-bond acceptors (Lipinski definition) is 5. The molecule has 1 saturated carbocycles. The number of nitrogens with two attached hydrogens (primary N) is 1. The first-order valence-electron chi connectivity index (χ1n) is 14.6. The van der Waals surface area contributed by atoms with Gasteiger partial charge in [0.15, 0.2) is 0 Å². The second-order valence-corrected chi connectivity index (χ2v) is 13.1. The molecule has 218 valence electrons. The molecule has 0 bridgehead atoms. The van der Waals surface area contributed by atoms with E-state index in [0.717, 1.165) is 28.3 Å². The van der Waals surface area contributed by atoms with Gasteiger partial charge in [0, 0.05) is 51.0 Å². The highest BCUT2D eigenvalue weighted by Gasteiger charge is 2.28. The third-order valence-corrected chi connectivity index (χ3v) is 9.83. The third kappa shape index (κ3) is 8.89. The summed E-state index contributed by atoms with van der Waals surface area (Å²) in [5.41, 5.74) is 9.44. The average molecular weight is 568 g/mol. The maximum atomic E-state index is 13.1. The number of hydrogen-bond donors (Lipinski definition) is 3. The molecule has 4 rings (SSSR count). The van der Waals surface area contributed by atoms with Crippen LogP contribution in [0, 0.1) is 5.92 Å². The molecule has 2 amide bonds. The zero-order valence-electron chi connectivity index (χ0n) is 23.7. The minimum atomic E-state index is -3.45. The number of urea groups is 1. The molecular formula is C31H45N5O3S. The number of amides is 2. The van der Waals surface area contributed by atoms with Gasteiger partial charge in [-0.25, -0.2) is 13.2 Å². The van der Waals surface area contributed by atoms with E-state index in [1.807, 2.05) is 54.6 Å². The molecule has 0 spiro atoms. The smallest absolute Gasteiger partial charge is 0.321 e. The van der Waals surface area contributed by atoms with E-state index in [4.69, 9.17) is 5.73 Å². The first-order valence-corrected chi connectivity index (χ1v) is 16.3. The van der Waals surface area contributed by atoms with Gasteiger partial charge in [0.05, 0.1) is 5.75 Å². The van der Waals surface area contributed by atoms with Crippen molar-refractivity contribution in [2.75, 3.05) is 37.2 Å². The molecule has 1 heterocycles. The van der Waals surface area contributed by atoms with E-state index < -0.39 is 10.0 Å². The molecule has 8 nitrogen and oxygen atoms in total. The Balaban J connectivity index is 1.23. The summed E-state index contributed by atoms with van der Waals surface area (Å²) >= 11 is 0. The van der Waals surface area contributed by atoms with Crippen LogP contribution in [0.2, 0.25) is 0 Å². The second-order valence-electron chi connectivity index (χ2n) is 11.1. The van der Waals surface area contributed by atoms with Crippen LogP contribution in [-0.4, -0.2) is 61.6 Å². The lowest BCUT2D eigenvalue weighted by molar-refractivity contribution is 0.184. The molecule has 1 saturated heterocycles. The van der Waals surface area contributed by atoms with Gasteiger partial charge in [-0.2, -0.15) is 4.31 Å². The van der Waals surface area contributed by atoms with Crippen LogP contribution in [0.1, 0.15) is 62.1 Å². The van der Waals surface area contributed by atoms with Crippen molar-refractivity contribution < 1.29 is 13.2 Å². The van der Waals surface area contributed by atoms with Gasteiger partial charge in [-0.1, -0.05) is 86.7 Å². The molecule has 2 fully saturated rings. The topological polar surface area (TPSA) is 108 Å². The summed E-state index contributed by atoms with van der Waals surface area (Å²) in [6, 6.07) is 15.8. The van der Waals surface area contributed by atoms with Crippen molar-refractivity contribution >= 4 is 27.8 Å². The summed E-state index contributed by atoms with van der Waals surface area (Å²) in [5.74, 6) is 0.746. The molecule has 2 aromatic rings. The second kappa shape index (κ2) is 14.8. The first-order chi connectivity index (χ1) is 19.3. The number of benzene rings is 2. The van der Waals surface area contributed by atoms with E-state index in [1.54, 1.807) is 11.0 Å². The molecule has 1 atom stereocenters. The zero-order chi connectivity index (χ0) is 28.4. The van der Waals surface area contributed by atoms with Crippen LogP contribution in [0.25, 0.3) is 6.08 Å². The van der Waals surface area contributed by atoms with E-state index in [0.29, 0.717) is 32.2 Å². The number of para-hydroxylation sites is 1. The van der Waals surface area contributed by atoms with Crippen molar-refractivity contribution in [2.24, 2.45) is 11.7 Å². The summed E-state index contributed by atoms with van der Waals surface area (Å²) < 4.78 is 27.2. The summed E-state index contributed by atoms with van der Waals surface area (Å²) in [4.78, 5) is 14.8. The fraction of sp³-hybridized carbons (Fsp3) is 0.516. The number of sulfonamides is 1. The number of piperazine rings is 1. The number of rotatable bonds is 11. The Labute approximate surface area is 240 Å². The average Bonchev–Trinajstić information content (AvgIpc) is 2.97. The van der Waals surface area contributed by atoms with Crippen LogP contribution in [0.5, 0.6) is 0 Å². The summed E-state index contributed by atoms with van der Waals surface area (Å²) in [6.45, 7) is 4.71. The van der Waals surface area contributed by atoms with Gasteiger partial charge in [0.25, 0.3) is 0 Å². The Kier molecular flexibility index (Phi) is 11.2. The molecular weight excluding hydrogens is 522 g/mol. The first kappa shape index (κ1) is 30.2. The van der Waals surface area contributed by atoms with Crippen LogP contribution in [0.3, 0.4) is 0 Å². The van der Waals surface area contributed by atoms with Gasteiger partial charge in [0.2, 0.25) is 10.0 Å². The van der Waals surface area contributed by atoms with E-state index in [2.05, 4.69) is 17.6 Å². The van der Waals surface area contributed by atoms with Crippen LogP contribution in [-0.2, 0) is 23.1 Å². The Hall–Kier alpha value is -2.72. The molecule has 1 aliphatic carbocycles. The number of nitrogens with one attached hydrogen (secondary N) is 2. The minimum Gasteiger partial charge on any atom is -0.326 e. The predicted molar refractivity (Wildman–Crippen MR) is 163 cm³/mol. The maximum Gasteiger partial charge on any atom is 0.321 e. The van der Waals surface area contributed by atoms with E-state index in [1.165, 1.54) is 42.8 Å². The van der Waals surface area contributed by atoms with Crippen molar-refractivity contribution in [1.29, 1.82) is 0 Å². The van der Waals surface area contributed by atoms with Gasteiger partial charge >= 0.3 is 6.03 Å². The highest BCUT2D eigenvalue weighted by atomic mass is 32.2. The lowest BCUT2D eigenvalue weighted by atomic mass is 9.85. The fourth-order valence-electron chi connectivity index (χ4n) is 5.63. The van der Waals surface area contributed by atoms with E-state index >= 15 is 0 Å². The molecule has 40 heavy (non-hydrogen) atoms. The zero-order valence-corrected chi connectivity index (χ0v) is 24.5. The molecule has 2 aliphatic rings. The molecule has 0 aromatic heterocycles. The number of anilines is 1. The Bertz CT molecular complexity index is 1220. The number of nitrogens with zero attached hydrogens (tertiary/aromatic N) is 2. The van der Waals surface area contributed by atoms with Gasteiger partial charge in [0.1, 0.15) is 0 Å². The van der Waals surface area contributed by atoms with Gasteiger partial charge in [-0.15, -0.1) is 0 Å². The number of carbonyl (C=O) groups is 1. The van der Waals surface area contributed by atoms with Crippen molar-refractivity contribution in [3.8, 4) is 0 Å². The van der Waals surface area contributed by atoms with Crippen LogP contribution >= 0.6 is 0 Å². The number of carbonyl (C=O) groups excluding carboxylic acids is 1. The maximum absolute atomic E-state index is 13.1. The van der Waals surface area contributed by atoms with Crippen molar-refractivity contribution in [2.45, 2.75) is 64.6 Å². The highest BCUT2D eigenvalue weighted by molar-refractivity contribution is 7.89.